The van der Waals surface area contributed by atoms with Crippen LogP contribution in [0.25, 0.3) is 5.69 Å². The van der Waals surface area contributed by atoms with Crippen molar-refractivity contribution in [3.05, 3.63) is 71.3 Å². The quantitative estimate of drug-likeness (QED) is 0.648. The number of ether oxygens (including phenoxy) is 1. The molecule has 7 nitrogen and oxygen atoms in total. The average molecular weight is 409 g/mol. The van der Waals surface area contributed by atoms with E-state index in [1.54, 1.807) is 17.9 Å². The molecule has 2 aromatic carbocycles. The Morgan fingerprint density at radius 2 is 1.80 bits per heavy atom. The van der Waals surface area contributed by atoms with Crippen LogP contribution in [0.2, 0.25) is 0 Å². The Morgan fingerprint density at radius 1 is 1.07 bits per heavy atom. The number of aryl methyl sites for hydroxylation is 1. The molecule has 0 N–H and O–H groups in total. The van der Waals surface area contributed by atoms with E-state index in [0.29, 0.717) is 44.1 Å². The molecule has 0 atom stereocenters. The standard InChI is InChI=1S/C22H24FN5O2/c1-16-21(25-28(24-16)18-6-4-3-5-7-18)22(29)27-12-10-26(11-13-27)15-17-8-9-20(30-2)19(23)14-17/h3-9,14H,10-13,15H2,1-2H3. The van der Waals surface area contributed by atoms with Gasteiger partial charge in [-0.05, 0) is 36.8 Å². The Bertz CT molecular complexity index is 1030. The van der Waals surface area contributed by atoms with E-state index < -0.39 is 0 Å². The van der Waals surface area contributed by atoms with Crippen LogP contribution in [0.15, 0.2) is 48.5 Å². The Morgan fingerprint density at radius 3 is 2.47 bits per heavy atom. The number of piperazine rings is 1. The largest absolute Gasteiger partial charge is 0.494 e. The normalized spacial score (nSPS) is 14.7. The summed E-state index contributed by atoms with van der Waals surface area (Å²) in [6, 6.07) is 14.5. The van der Waals surface area contributed by atoms with Gasteiger partial charge < -0.3 is 9.64 Å². The van der Waals surface area contributed by atoms with Crippen molar-refractivity contribution in [3.8, 4) is 11.4 Å². The van der Waals surface area contributed by atoms with Crippen LogP contribution < -0.4 is 4.74 Å². The molecule has 2 heterocycles. The molecule has 156 valence electrons. The van der Waals surface area contributed by atoms with Crippen molar-refractivity contribution >= 4 is 5.91 Å². The van der Waals surface area contributed by atoms with Crippen molar-refractivity contribution in [3.63, 3.8) is 0 Å². The third-order valence-electron chi connectivity index (χ3n) is 5.25. The van der Waals surface area contributed by atoms with E-state index in [1.165, 1.54) is 18.0 Å². The summed E-state index contributed by atoms with van der Waals surface area (Å²) in [4.78, 5) is 18.5. The molecule has 1 aliphatic rings. The van der Waals surface area contributed by atoms with Gasteiger partial charge in [0.1, 0.15) is 0 Å². The summed E-state index contributed by atoms with van der Waals surface area (Å²) in [7, 11) is 1.45. The molecule has 0 aliphatic carbocycles. The van der Waals surface area contributed by atoms with Crippen molar-refractivity contribution in [1.82, 2.24) is 24.8 Å². The molecule has 1 aliphatic heterocycles. The molecule has 1 aromatic heterocycles. The minimum Gasteiger partial charge on any atom is -0.494 e. The maximum atomic E-state index is 13.9. The number of benzene rings is 2. The van der Waals surface area contributed by atoms with Gasteiger partial charge in [-0.2, -0.15) is 9.90 Å². The van der Waals surface area contributed by atoms with Crippen molar-refractivity contribution in [1.29, 1.82) is 0 Å². The summed E-state index contributed by atoms with van der Waals surface area (Å²) in [5, 5.41) is 8.81. The molecule has 0 saturated carbocycles. The van der Waals surface area contributed by atoms with E-state index in [9.17, 15) is 9.18 Å². The van der Waals surface area contributed by atoms with Crippen LogP contribution in [0.4, 0.5) is 4.39 Å². The summed E-state index contributed by atoms with van der Waals surface area (Å²) >= 11 is 0. The molecule has 0 spiro atoms. The highest BCUT2D eigenvalue weighted by Gasteiger charge is 2.26. The number of hydrogen-bond acceptors (Lipinski definition) is 5. The number of carbonyl (C=O) groups excluding carboxylic acids is 1. The fourth-order valence-corrected chi connectivity index (χ4v) is 3.58. The van der Waals surface area contributed by atoms with Gasteiger partial charge in [-0.3, -0.25) is 9.69 Å². The molecule has 8 heteroatoms. The maximum Gasteiger partial charge on any atom is 0.276 e. The van der Waals surface area contributed by atoms with E-state index in [-0.39, 0.29) is 17.5 Å². The summed E-state index contributed by atoms with van der Waals surface area (Å²) in [5.41, 5.74) is 2.69. The van der Waals surface area contributed by atoms with E-state index >= 15 is 0 Å². The number of hydrogen-bond donors (Lipinski definition) is 0. The predicted octanol–water partition coefficient (Wildman–Crippen LogP) is 2.68. The van der Waals surface area contributed by atoms with Gasteiger partial charge in [-0.1, -0.05) is 24.3 Å². The first-order valence-corrected chi connectivity index (χ1v) is 9.88. The molecule has 1 fully saturated rings. The summed E-state index contributed by atoms with van der Waals surface area (Å²) in [6.07, 6.45) is 0. The van der Waals surface area contributed by atoms with Crippen molar-refractivity contribution in [2.24, 2.45) is 0 Å². The van der Waals surface area contributed by atoms with Gasteiger partial charge in [-0.25, -0.2) is 4.39 Å². The van der Waals surface area contributed by atoms with Crippen LogP contribution in [0.1, 0.15) is 21.7 Å². The zero-order valence-electron chi connectivity index (χ0n) is 17.1. The van der Waals surface area contributed by atoms with Crippen molar-refractivity contribution in [2.45, 2.75) is 13.5 Å². The van der Waals surface area contributed by atoms with Crippen molar-refractivity contribution in [2.75, 3.05) is 33.3 Å². The Hall–Kier alpha value is -3.26. The van der Waals surface area contributed by atoms with Gasteiger partial charge in [0, 0.05) is 32.7 Å². The van der Waals surface area contributed by atoms with Gasteiger partial charge in [0.2, 0.25) is 0 Å². The van der Waals surface area contributed by atoms with Crippen LogP contribution in [0.5, 0.6) is 5.75 Å². The molecular weight excluding hydrogens is 385 g/mol. The SMILES string of the molecule is COc1ccc(CN2CCN(C(=O)c3nn(-c4ccccc4)nc3C)CC2)cc1F. The first-order valence-electron chi connectivity index (χ1n) is 9.88. The number of halogens is 1. The number of nitrogens with zero attached hydrogens (tertiary/aromatic N) is 5. The lowest BCUT2D eigenvalue weighted by Crippen LogP contribution is -2.48. The van der Waals surface area contributed by atoms with Crippen LogP contribution >= 0.6 is 0 Å². The monoisotopic (exact) mass is 409 g/mol. The molecule has 1 saturated heterocycles. The number of aromatic nitrogens is 3. The van der Waals surface area contributed by atoms with Gasteiger partial charge >= 0.3 is 0 Å². The Labute approximate surface area is 174 Å². The van der Waals surface area contributed by atoms with Gasteiger partial charge in [0.15, 0.2) is 17.3 Å². The third kappa shape index (κ3) is 4.18. The van der Waals surface area contributed by atoms with Crippen LogP contribution in [-0.2, 0) is 6.54 Å². The predicted molar refractivity (Wildman–Crippen MR) is 110 cm³/mol. The highest BCUT2D eigenvalue weighted by molar-refractivity contribution is 5.93. The molecule has 3 aromatic rings. The second-order valence-electron chi connectivity index (χ2n) is 7.30. The molecule has 30 heavy (non-hydrogen) atoms. The second kappa shape index (κ2) is 8.62. The minimum absolute atomic E-state index is 0.107. The highest BCUT2D eigenvalue weighted by atomic mass is 19.1. The van der Waals surface area contributed by atoms with Crippen LogP contribution in [0, 0.1) is 12.7 Å². The number of carbonyl (C=O) groups is 1. The number of rotatable bonds is 5. The smallest absolute Gasteiger partial charge is 0.276 e. The van der Waals surface area contributed by atoms with E-state index in [4.69, 9.17) is 4.74 Å². The fraction of sp³-hybridized carbons (Fsp3) is 0.318. The van der Waals surface area contributed by atoms with Crippen molar-refractivity contribution < 1.29 is 13.9 Å². The van der Waals surface area contributed by atoms with E-state index in [1.807, 2.05) is 36.4 Å². The Balaban J connectivity index is 1.38. The average Bonchev–Trinajstić information content (AvgIpc) is 3.16. The van der Waals surface area contributed by atoms with Gasteiger partial charge in [0.05, 0.1) is 18.5 Å². The Kier molecular flexibility index (Phi) is 5.76. The van der Waals surface area contributed by atoms with E-state index in [2.05, 4.69) is 15.1 Å². The van der Waals surface area contributed by atoms with Gasteiger partial charge in [-0.15, -0.1) is 5.10 Å². The molecule has 4 rings (SSSR count). The second-order valence-corrected chi connectivity index (χ2v) is 7.30. The molecule has 1 amide bonds. The fourth-order valence-electron chi connectivity index (χ4n) is 3.58. The molecular formula is C22H24FN5O2. The summed E-state index contributed by atoms with van der Waals surface area (Å²) in [5.74, 6) is -0.223. The number of methoxy groups -OCH3 is 1. The molecule has 0 unspecified atom stereocenters. The number of amides is 1. The lowest BCUT2D eigenvalue weighted by molar-refractivity contribution is 0.0621. The first-order chi connectivity index (χ1) is 14.5. The zero-order chi connectivity index (χ0) is 21.1. The lowest BCUT2D eigenvalue weighted by Gasteiger charge is -2.34. The number of para-hydroxylation sites is 1. The minimum atomic E-state index is -0.360. The molecule has 0 radical (unpaired) electrons. The molecule has 0 bridgehead atoms. The van der Waals surface area contributed by atoms with E-state index in [0.717, 1.165) is 11.3 Å². The highest BCUT2D eigenvalue weighted by Crippen LogP contribution is 2.19. The summed E-state index contributed by atoms with van der Waals surface area (Å²) in [6.45, 7) is 5.04. The first kappa shape index (κ1) is 20.0. The van der Waals surface area contributed by atoms with Crippen LogP contribution in [-0.4, -0.2) is 64.0 Å². The maximum absolute atomic E-state index is 13.9. The zero-order valence-corrected chi connectivity index (χ0v) is 17.1. The van der Waals surface area contributed by atoms with Crippen LogP contribution in [0.3, 0.4) is 0 Å². The topological polar surface area (TPSA) is 63.5 Å². The van der Waals surface area contributed by atoms with Gasteiger partial charge in [0.25, 0.3) is 5.91 Å². The lowest BCUT2D eigenvalue weighted by atomic mass is 10.1. The third-order valence-corrected chi connectivity index (χ3v) is 5.25. The summed E-state index contributed by atoms with van der Waals surface area (Å²) < 4.78 is 18.9.